The van der Waals surface area contributed by atoms with E-state index in [9.17, 15) is 0 Å². The molecule has 2 aromatic heterocycles. The molecule has 0 saturated carbocycles. The van der Waals surface area contributed by atoms with Gasteiger partial charge in [0.2, 0.25) is 0 Å². The van der Waals surface area contributed by atoms with E-state index in [-0.39, 0.29) is 12.1 Å². The van der Waals surface area contributed by atoms with Crippen molar-refractivity contribution in [3.05, 3.63) is 72.6 Å². The highest BCUT2D eigenvalue weighted by Gasteiger charge is 2.14. The maximum Gasteiger partial charge on any atom is 0.164 e. The van der Waals surface area contributed by atoms with E-state index in [2.05, 4.69) is 89.5 Å². The second-order valence-corrected chi connectivity index (χ2v) is 8.44. The number of benzene rings is 2. The van der Waals surface area contributed by atoms with E-state index in [1.165, 1.54) is 16.7 Å². The Kier molecular flexibility index (Phi) is 6.71. The monoisotopic (exact) mass is 428 g/mol. The average molecular weight is 429 g/mol. The highest BCUT2D eigenvalue weighted by Crippen LogP contribution is 2.27. The molecule has 0 aliphatic carbocycles. The lowest BCUT2D eigenvalue weighted by molar-refractivity contribution is 0.613. The van der Waals surface area contributed by atoms with Crippen molar-refractivity contribution < 1.29 is 0 Å². The lowest BCUT2D eigenvalue weighted by Gasteiger charge is -2.15. The molecule has 4 aromatic rings. The van der Waals surface area contributed by atoms with Gasteiger partial charge in [-0.3, -0.25) is 0 Å². The van der Waals surface area contributed by atoms with Crippen LogP contribution in [0.5, 0.6) is 0 Å². The molecule has 6 heteroatoms. The fourth-order valence-corrected chi connectivity index (χ4v) is 3.63. The second kappa shape index (κ2) is 9.83. The van der Waals surface area contributed by atoms with Crippen molar-refractivity contribution in [1.29, 1.82) is 0 Å². The van der Waals surface area contributed by atoms with Crippen molar-refractivity contribution in [2.24, 2.45) is 5.73 Å². The highest BCUT2D eigenvalue weighted by atomic mass is 15.2. The topological polar surface area (TPSA) is 80.8 Å². The van der Waals surface area contributed by atoms with E-state index in [0.29, 0.717) is 13.1 Å². The third-order valence-electron chi connectivity index (χ3n) is 5.70. The lowest BCUT2D eigenvalue weighted by atomic mass is 10.0. The molecule has 0 bridgehead atoms. The van der Waals surface area contributed by atoms with E-state index in [1.807, 2.05) is 18.5 Å². The van der Waals surface area contributed by atoms with Crippen LogP contribution in [0.25, 0.3) is 22.3 Å². The van der Waals surface area contributed by atoms with E-state index in [4.69, 9.17) is 10.7 Å². The summed E-state index contributed by atoms with van der Waals surface area (Å²) in [7, 11) is 0. The van der Waals surface area contributed by atoms with Crippen LogP contribution in [-0.2, 0) is 6.54 Å². The van der Waals surface area contributed by atoms with Crippen molar-refractivity contribution >= 4 is 22.7 Å². The molecular weight excluding hydrogens is 396 g/mol. The van der Waals surface area contributed by atoms with Crippen LogP contribution >= 0.6 is 0 Å². The summed E-state index contributed by atoms with van der Waals surface area (Å²) in [5.74, 6) is 0.811. The Balaban J connectivity index is 1.56. The number of anilines is 2. The summed E-state index contributed by atoms with van der Waals surface area (Å²) in [5, 5.41) is 6.96. The summed E-state index contributed by atoms with van der Waals surface area (Å²) >= 11 is 0. The molecule has 2 heterocycles. The van der Waals surface area contributed by atoms with Gasteiger partial charge in [0.15, 0.2) is 5.65 Å². The number of aromatic nitrogens is 3. The van der Waals surface area contributed by atoms with Crippen molar-refractivity contribution in [3.63, 3.8) is 0 Å². The molecule has 0 saturated heterocycles. The molecule has 0 aliphatic rings. The number of hydrogen-bond donors (Lipinski definition) is 3. The molecular formula is C26H32N6. The minimum absolute atomic E-state index is 0.0991. The Labute approximate surface area is 189 Å². The van der Waals surface area contributed by atoms with Crippen LogP contribution in [0.4, 0.5) is 11.5 Å². The predicted molar refractivity (Wildman–Crippen MR) is 134 cm³/mol. The average Bonchev–Trinajstić information content (AvgIpc) is 3.26. The third kappa shape index (κ3) is 4.92. The third-order valence-corrected chi connectivity index (χ3v) is 5.70. The Morgan fingerprint density at radius 1 is 0.969 bits per heavy atom. The summed E-state index contributed by atoms with van der Waals surface area (Å²) in [6, 6.07) is 21.5. The number of imidazole rings is 1. The largest absolute Gasteiger partial charge is 0.379 e. The van der Waals surface area contributed by atoms with Crippen LogP contribution < -0.4 is 16.4 Å². The maximum atomic E-state index is 6.10. The van der Waals surface area contributed by atoms with E-state index in [0.717, 1.165) is 29.1 Å². The van der Waals surface area contributed by atoms with Crippen LogP contribution in [0.2, 0.25) is 0 Å². The molecule has 0 amide bonds. The van der Waals surface area contributed by atoms with Gasteiger partial charge < -0.3 is 20.9 Å². The Hall–Kier alpha value is -3.38. The first-order valence-electron chi connectivity index (χ1n) is 11.3. The number of pyridine rings is 1. The number of fused-ring (bicyclic) bond motifs is 1. The summed E-state index contributed by atoms with van der Waals surface area (Å²) in [5.41, 5.74) is 12.5. The molecule has 0 radical (unpaired) electrons. The standard InChI is InChI=1S/C26H32N6/c1-4-22(27)16-29-24-14-23(25-26(31-24)32(17-30-25)18(2)3)28-15-19-10-12-21(13-11-19)20-8-6-5-7-9-20/h5-14,17-18,22H,4,15-16,27H2,1-3H3,(H2,28,29,31)/t22-/m1/s1. The first kappa shape index (κ1) is 21.8. The normalized spacial score (nSPS) is 12.3. The van der Waals surface area contributed by atoms with E-state index >= 15 is 0 Å². The van der Waals surface area contributed by atoms with Gasteiger partial charge in [0.25, 0.3) is 0 Å². The second-order valence-electron chi connectivity index (χ2n) is 8.44. The zero-order chi connectivity index (χ0) is 22.5. The SMILES string of the molecule is CC[C@@H](N)CNc1cc(NCc2ccc(-c3ccccc3)cc2)c2ncn(C(C)C)c2n1. The number of nitrogens with two attached hydrogens (primary N) is 1. The first-order valence-corrected chi connectivity index (χ1v) is 11.3. The van der Waals surface area contributed by atoms with Gasteiger partial charge in [-0.2, -0.15) is 0 Å². The lowest BCUT2D eigenvalue weighted by Crippen LogP contribution is -2.28. The summed E-state index contributed by atoms with van der Waals surface area (Å²) in [4.78, 5) is 9.46. The minimum Gasteiger partial charge on any atom is -0.379 e. The number of hydrogen-bond acceptors (Lipinski definition) is 5. The van der Waals surface area contributed by atoms with Crippen LogP contribution in [0.15, 0.2) is 67.0 Å². The zero-order valence-corrected chi connectivity index (χ0v) is 19.0. The van der Waals surface area contributed by atoms with Crippen LogP contribution in [0.3, 0.4) is 0 Å². The van der Waals surface area contributed by atoms with E-state index < -0.39 is 0 Å². The molecule has 0 unspecified atom stereocenters. The van der Waals surface area contributed by atoms with Crippen LogP contribution in [0.1, 0.15) is 38.8 Å². The highest BCUT2D eigenvalue weighted by molar-refractivity contribution is 5.88. The van der Waals surface area contributed by atoms with Gasteiger partial charge in [-0.25, -0.2) is 9.97 Å². The predicted octanol–water partition coefficient (Wildman–Crippen LogP) is 5.44. The zero-order valence-electron chi connectivity index (χ0n) is 19.0. The summed E-state index contributed by atoms with van der Waals surface area (Å²) in [6.07, 6.45) is 2.78. The Bertz CT molecular complexity index is 1150. The molecule has 32 heavy (non-hydrogen) atoms. The molecule has 1 atom stereocenters. The maximum absolute atomic E-state index is 6.10. The van der Waals surface area contributed by atoms with Gasteiger partial charge in [0.05, 0.1) is 12.0 Å². The summed E-state index contributed by atoms with van der Waals surface area (Å²) < 4.78 is 2.10. The Morgan fingerprint density at radius 2 is 1.69 bits per heavy atom. The number of nitrogens with one attached hydrogen (secondary N) is 2. The van der Waals surface area contributed by atoms with Gasteiger partial charge in [0.1, 0.15) is 11.3 Å². The van der Waals surface area contributed by atoms with Gasteiger partial charge in [0, 0.05) is 31.2 Å². The van der Waals surface area contributed by atoms with Gasteiger partial charge in [-0.05, 0) is 37.0 Å². The van der Waals surface area contributed by atoms with Gasteiger partial charge in [-0.1, -0.05) is 61.5 Å². The molecule has 0 fully saturated rings. The van der Waals surface area contributed by atoms with Crippen LogP contribution in [-0.4, -0.2) is 27.1 Å². The number of nitrogens with zero attached hydrogens (tertiary/aromatic N) is 3. The Morgan fingerprint density at radius 3 is 2.38 bits per heavy atom. The van der Waals surface area contributed by atoms with Crippen molar-refractivity contribution in [2.75, 3.05) is 17.2 Å². The van der Waals surface area contributed by atoms with Gasteiger partial charge >= 0.3 is 0 Å². The smallest absolute Gasteiger partial charge is 0.164 e. The first-order chi connectivity index (χ1) is 15.5. The van der Waals surface area contributed by atoms with E-state index in [1.54, 1.807) is 0 Å². The van der Waals surface area contributed by atoms with Crippen molar-refractivity contribution in [3.8, 4) is 11.1 Å². The van der Waals surface area contributed by atoms with Crippen LogP contribution in [0, 0.1) is 0 Å². The molecule has 4 rings (SSSR count). The molecule has 166 valence electrons. The minimum atomic E-state index is 0.0991. The van der Waals surface area contributed by atoms with Crippen molar-refractivity contribution in [2.45, 2.75) is 45.8 Å². The molecule has 6 nitrogen and oxygen atoms in total. The fourth-order valence-electron chi connectivity index (χ4n) is 3.63. The van der Waals surface area contributed by atoms with Gasteiger partial charge in [-0.15, -0.1) is 0 Å². The number of rotatable bonds is 9. The molecule has 0 aliphatic heterocycles. The summed E-state index contributed by atoms with van der Waals surface area (Å²) in [6.45, 7) is 7.75. The van der Waals surface area contributed by atoms with Crippen molar-refractivity contribution in [1.82, 2.24) is 14.5 Å². The molecule has 2 aromatic carbocycles. The fraction of sp³-hybridized carbons (Fsp3) is 0.308. The quantitative estimate of drug-likeness (QED) is 0.331. The molecule has 0 spiro atoms. The molecule has 4 N–H and O–H groups in total.